The number of esters is 1. The minimum atomic E-state index is -0.674. The van der Waals surface area contributed by atoms with Gasteiger partial charge in [-0.05, 0) is 31.4 Å². The first-order valence-electron chi connectivity index (χ1n) is 9.85. The summed E-state index contributed by atoms with van der Waals surface area (Å²) in [4.78, 5) is 49.2. The normalized spacial score (nSPS) is 14.0. The molecule has 1 aromatic carbocycles. The Morgan fingerprint density at radius 2 is 1.79 bits per heavy atom. The number of urea groups is 2. The second-order valence-corrected chi connectivity index (χ2v) is 6.82. The van der Waals surface area contributed by atoms with E-state index in [1.54, 1.807) is 17.0 Å². The van der Waals surface area contributed by atoms with Crippen molar-refractivity contribution >= 4 is 29.6 Å². The summed E-state index contributed by atoms with van der Waals surface area (Å²) < 4.78 is 5.01. The van der Waals surface area contributed by atoms with E-state index in [0.29, 0.717) is 38.2 Å². The van der Waals surface area contributed by atoms with Crippen LogP contribution in [0.2, 0.25) is 0 Å². The van der Waals surface area contributed by atoms with Crippen LogP contribution < -0.4 is 16.0 Å². The van der Waals surface area contributed by atoms with E-state index in [9.17, 15) is 19.2 Å². The van der Waals surface area contributed by atoms with Crippen LogP contribution in [0.15, 0.2) is 30.3 Å². The van der Waals surface area contributed by atoms with Crippen LogP contribution in [0.5, 0.6) is 0 Å². The van der Waals surface area contributed by atoms with E-state index in [4.69, 9.17) is 4.74 Å². The highest BCUT2D eigenvalue weighted by atomic mass is 16.5. The summed E-state index contributed by atoms with van der Waals surface area (Å²) >= 11 is 0. The number of piperidine rings is 1. The summed E-state index contributed by atoms with van der Waals surface area (Å²) in [5.41, 5.74) is 0.712. The number of nitrogens with zero attached hydrogens (tertiary/aromatic N) is 1. The highest BCUT2D eigenvalue weighted by molar-refractivity contribution is 5.95. The van der Waals surface area contributed by atoms with Crippen molar-refractivity contribution < 1.29 is 23.9 Å². The van der Waals surface area contributed by atoms with Crippen LogP contribution in [0.1, 0.15) is 32.6 Å². The number of benzene rings is 1. The molecule has 158 valence electrons. The molecule has 1 aliphatic heterocycles. The van der Waals surface area contributed by atoms with Gasteiger partial charge in [0.05, 0.1) is 5.92 Å². The van der Waals surface area contributed by atoms with Crippen molar-refractivity contribution in [1.29, 1.82) is 0 Å². The number of nitrogens with one attached hydrogen (secondary N) is 3. The van der Waals surface area contributed by atoms with Gasteiger partial charge < -0.3 is 20.3 Å². The fraction of sp³-hybridized carbons (Fsp3) is 0.500. The summed E-state index contributed by atoms with van der Waals surface area (Å²) in [5.74, 6) is -1.54. The number of unbranched alkanes of at least 4 members (excludes halogenated alkanes) is 1. The summed E-state index contributed by atoms with van der Waals surface area (Å²) in [6.07, 6.45) is 2.66. The second-order valence-electron chi connectivity index (χ2n) is 6.82. The van der Waals surface area contributed by atoms with Gasteiger partial charge in [0.15, 0.2) is 6.61 Å². The number of hydrogen-bond donors (Lipinski definition) is 3. The van der Waals surface area contributed by atoms with Crippen molar-refractivity contribution in [1.82, 2.24) is 15.5 Å². The van der Waals surface area contributed by atoms with E-state index in [2.05, 4.69) is 16.0 Å². The Labute approximate surface area is 170 Å². The number of ether oxygens (including phenoxy) is 1. The summed E-state index contributed by atoms with van der Waals surface area (Å²) in [6, 6.07) is 8.33. The van der Waals surface area contributed by atoms with Crippen LogP contribution >= 0.6 is 0 Å². The number of amides is 5. The molecule has 3 N–H and O–H groups in total. The topological polar surface area (TPSA) is 117 Å². The first kappa shape index (κ1) is 22.2. The molecule has 1 aliphatic rings. The molecule has 1 heterocycles. The van der Waals surface area contributed by atoms with Crippen LogP contribution in [0.4, 0.5) is 15.3 Å². The van der Waals surface area contributed by atoms with Gasteiger partial charge in [0.25, 0.3) is 5.91 Å². The number of anilines is 1. The van der Waals surface area contributed by atoms with E-state index in [0.717, 1.165) is 12.8 Å². The van der Waals surface area contributed by atoms with E-state index in [-0.39, 0.29) is 11.9 Å². The van der Waals surface area contributed by atoms with E-state index >= 15 is 0 Å². The van der Waals surface area contributed by atoms with Gasteiger partial charge in [-0.3, -0.25) is 14.9 Å². The van der Waals surface area contributed by atoms with Gasteiger partial charge in [0.1, 0.15) is 0 Å². The molecule has 0 spiro atoms. The summed E-state index contributed by atoms with van der Waals surface area (Å²) in [6.45, 7) is 2.81. The Morgan fingerprint density at radius 1 is 1.10 bits per heavy atom. The van der Waals surface area contributed by atoms with Gasteiger partial charge in [-0.25, -0.2) is 9.59 Å². The summed E-state index contributed by atoms with van der Waals surface area (Å²) in [7, 11) is 0. The Morgan fingerprint density at radius 3 is 2.45 bits per heavy atom. The smallest absolute Gasteiger partial charge is 0.321 e. The number of likely N-dealkylation sites (tertiary alicyclic amines) is 1. The molecule has 9 heteroatoms. The van der Waals surface area contributed by atoms with Gasteiger partial charge in [-0.1, -0.05) is 31.5 Å². The highest BCUT2D eigenvalue weighted by Gasteiger charge is 2.28. The third-order valence-electron chi connectivity index (χ3n) is 4.55. The van der Waals surface area contributed by atoms with Crippen molar-refractivity contribution in [2.75, 3.05) is 31.6 Å². The second kappa shape index (κ2) is 11.7. The first-order valence-corrected chi connectivity index (χ1v) is 9.85. The molecule has 0 radical (unpaired) electrons. The predicted octanol–water partition coefficient (Wildman–Crippen LogP) is 2.10. The molecule has 0 bridgehead atoms. The van der Waals surface area contributed by atoms with Crippen LogP contribution in [0.3, 0.4) is 0 Å². The number of rotatable bonds is 7. The van der Waals surface area contributed by atoms with Crippen LogP contribution in [-0.4, -0.2) is 55.1 Å². The van der Waals surface area contributed by atoms with Crippen molar-refractivity contribution in [3.63, 3.8) is 0 Å². The Kier molecular flexibility index (Phi) is 8.94. The SMILES string of the molecule is CCCCNC(=O)NC(=O)COC(=O)C1CCN(C(=O)Nc2ccccc2)CC1. The zero-order valence-corrected chi connectivity index (χ0v) is 16.6. The Hall–Kier alpha value is -3.10. The fourth-order valence-corrected chi connectivity index (χ4v) is 2.88. The van der Waals surface area contributed by atoms with Crippen molar-refractivity contribution in [3.8, 4) is 0 Å². The largest absolute Gasteiger partial charge is 0.455 e. The monoisotopic (exact) mass is 404 g/mol. The predicted molar refractivity (Wildman–Crippen MR) is 107 cm³/mol. The van der Waals surface area contributed by atoms with Crippen molar-refractivity contribution in [2.45, 2.75) is 32.6 Å². The standard InChI is InChI=1S/C20H28N4O5/c1-2-3-11-21-19(27)23-17(25)14-29-18(26)15-9-12-24(13-10-15)20(28)22-16-7-5-4-6-8-16/h4-8,15H,2-3,9-14H2,1H3,(H,22,28)(H2,21,23,25,27). The molecule has 0 saturated carbocycles. The lowest BCUT2D eigenvalue weighted by Gasteiger charge is -2.30. The third-order valence-corrected chi connectivity index (χ3v) is 4.55. The van der Waals surface area contributed by atoms with E-state index in [1.165, 1.54) is 0 Å². The number of para-hydroxylation sites is 1. The zero-order chi connectivity index (χ0) is 21.1. The molecule has 2 rings (SSSR count). The lowest BCUT2D eigenvalue weighted by Crippen LogP contribution is -2.44. The van der Waals surface area contributed by atoms with Crippen molar-refractivity contribution in [3.05, 3.63) is 30.3 Å². The highest BCUT2D eigenvalue weighted by Crippen LogP contribution is 2.19. The maximum Gasteiger partial charge on any atom is 0.321 e. The van der Waals surface area contributed by atoms with Crippen LogP contribution in [-0.2, 0) is 14.3 Å². The molecular formula is C20H28N4O5. The molecule has 9 nitrogen and oxygen atoms in total. The number of imide groups is 1. The molecule has 0 aliphatic carbocycles. The lowest BCUT2D eigenvalue weighted by atomic mass is 9.97. The summed E-state index contributed by atoms with van der Waals surface area (Å²) in [5, 5.41) is 7.47. The number of carbonyl (C=O) groups is 4. The molecular weight excluding hydrogens is 376 g/mol. The zero-order valence-electron chi connectivity index (χ0n) is 16.6. The average Bonchev–Trinajstić information content (AvgIpc) is 2.73. The van der Waals surface area contributed by atoms with Gasteiger partial charge in [0.2, 0.25) is 0 Å². The first-order chi connectivity index (χ1) is 14.0. The van der Waals surface area contributed by atoms with Gasteiger partial charge >= 0.3 is 18.0 Å². The lowest BCUT2D eigenvalue weighted by molar-refractivity contribution is -0.153. The molecule has 0 atom stereocenters. The Balaban J connectivity index is 1.65. The van der Waals surface area contributed by atoms with Gasteiger partial charge in [-0.2, -0.15) is 0 Å². The van der Waals surface area contributed by atoms with Crippen LogP contribution in [0, 0.1) is 5.92 Å². The minimum absolute atomic E-state index is 0.212. The molecule has 5 amide bonds. The molecule has 1 saturated heterocycles. The van der Waals surface area contributed by atoms with Gasteiger partial charge in [0, 0.05) is 25.3 Å². The minimum Gasteiger partial charge on any atom is -0.455 e. The molecule has 0 aromatic heterocycles. The fourth-order valence-electron chi connectivity index (χ4n) is 2.88. The third kappa shape index (κ3) is 7.81. The molecule has 0 unspecified atom stereocenters. The molecule has 29 heavy (non-hydrogen) atoms. The number of hydrogen-bond acceptors (Lipinski definition) is 5. The maximum atomic E-state index is 12.3. The average molecular weight is 404 g/mol. The quantitative estimate of drug-likeness (QED) is 0.475. The van der Waals surface area contributed by atoms with E-state index < -0.39 is 24.5 Å². The Bertz CT molecular complexity index is 702. The van der Waals surface area contributed by atoms with Crippen molar-refractivity contribution in [2.24, 2.45) is 5.92 Å². The molecule has 1 fully saturated rings. The van der Waals surface area contributed by atoms with E-state index in [1.807, 2.05) is 25.1 Å². The molecule has 1 aromatic rings. The maximum absolute atomic E-state index is 12.3. The van der Waals surface area contributed by atoms with Crippen LogP contribution in [0.25, 0.3) is 0 Å². The van der Waals surface area contributed by atoms with Gasteiger partial charge in [-0.15, -0.1) is 0 Å². The number of carbonyl (C=O) groups excluding carboxylic acids is 4.